The van der Waals surface area contributed by atoms with Crippen molar-refractivity contribution in [3.05, 3.63) is 17.7 Å². The summed E-state index contributed by atoms with van der Waals surface area (Å²) in [6, 6.07) is 0. The van der Waals surface area contributed by atoms with Gasteiger partial charge in [0.25, 0.3) is 5.91 Å². The zero-order valence-electron chi connectivity index (χ0n) is 9.52. The van der Waals surface area contributed by atoms with Gasteiger partial charge in [-0.15, -0.1) is 0 Å². The quantitative estimate of drug-likeness (QED) is 0.594. The van der Waals surface area contributed by atoms with Crippen molar-refractivity contribution in [2.45, 2.75) is 12.8 Å². The normalized spacial score (nSPS) is 10.2. The fourth-order valence-corrected chi connectivity index (χ4v) is 1.29. The van der Waals surface area contributed by atoms with Crippen molar-refractivity contribution in [2.24, 2.45) is 0 Å². The Balaban J connectivity index is 2.42. The Bertz CT molecular complexity index is 389. The lowest BCUT2D eigenvalue weighted by molar-refractivity contribution is 0.0685. The minimum Gasteiger partial charge on any atom is -0.477 e. The first-order chi connectivity index (χ1) is 8.16. The molecule has 0 aliphatic heterocycles. The van der Waals surface area contributed by atoms with Gasteiger partial charge in [0, 0.05) is 20.3 Å². The Hall–Kier alpha value is -1.89. The van der Waals surface area contributed by atoms with Crippen molar-refractivity contribution >= 4 is 11.9 Å². The number of aromatic nitrogens is 2. The molecule has 1 rings (SSSR count). The molecule has 1 heterocycles. The number of imidazole rings is 1. The van der Waals surface area contributed by atoms with Gasteiger partial charge in [0.05, 0.1) is 6.33 Å². The third kappa shape index (κ3) is 3.87. The predicted octanol–water partition coefficient (Wildman–Crippen LogP) is 0.264. The van der Waals surface area contributed by atoms with Crippen LogP contribution in [0.3, 0.4) is 0 Å². The Morgan fingerprint density at radius 1 is 1.53 bits per heavy atom. The van der Waals surface area contributed by atoms with E-state index in [0.29, 0.717) is 13.2 Å². The number of ether oxygens (including phenoxy) is 1. The smallest absolute Gasteiger partial charge is 0.354 e. The van der Waals surface area contributed by atoms with E-state index in [1.54, 1.807) is 7.11 Å². The molecule has 0 unspecified atom stereocenters. The third-order valence-corrected chi connectivity index (χ3v) is 2.13. The lowest BCUT2D eigenvalue weighted by atomic mass is 10.3. The van der Waals surface area contributed by atoms with E-state index in [-0.39, 0.29) is 11.4 Å². The molecule has 0 bridgehead atoms. The van der Waals surface area contributed by atoms with Crippen molar-refractivity contribution in [2.75, 3.05) is 20.3 Å². The molecule has 0 aliphatic carbocycles. The predicted molar refractivity (Wildman–Crippen MR) is 59.0 cm³/mol. The fourth-order valence-electron chi connectivity index (χ4n) is 1.29. The van der Waals surface area contributed by atoms with E-state index in [4.69, 9.17) is 9.84 Å². The van der Waals surface area contributed by atoms with Gasteiger partial charge < -0.3 is 20.1 Å². The monoisotopic (exact) mass is 241 g/mol. The summed E-state index contributed by atoms with van der Waals surface area (Å²) < 4.78 is 4.86. The number of H-pyrrole nitrogens is 1. The molecular formula is C10H15N3O4. The van der Waals surface area contributed by atoms with E-state index >= 15 is 0 Å². The number of aromatic amines is 1. The molecule has 0 fully saturated rings. The third-order valence-electron chi connectivity index (χ3n) is 2.13. The highest BCUT2D eigenvalue weighted by atomic mass is 16.5. The summed E-state index contributed by atoms with van der Waals surface area (Å²) in [5, 5.41) is 11.4. The van der Waals surface area contributed by atoms with Gasteiger partial charge in [0.2, 0.25) is 0 Å². The van der Waals surface area contributed by atoms with Gasteiger partial charge in [0.1, 0.15) is 0 Å². The Labute approximate surface area is 98.2 Å². The molecule has 1 amide bonds. The van der Waals surface area contributed by atoms with Gasteiger partial charge in [-0.1, -0.05) is 0 Å². The van der Waals surface area contributed by atoms with Gasteiger partial charge >= 0.3 is 5.97 Å². The summed E-state index contributed by atoms with van der Waals surface area (Å²) in [6.07, 6.45) is 2.79. The molecule has 94 valence electrons. The second kappa shape index (κ2) is 6.64. The lowest BCUT2D eigenvalue weighted by Crippen LogP contribution is -2.26. The van der Waals surface area contributed by atoms with Gasteiger partial charge in [0.15, 0.2) is 11.4 Å². The van der Waals surface area contributed by atoms with Crippen LogP contribution >= 0.6 is 0 Å². The Kier molecular flexibility index (Phi) is 5.15. The van der Waals surface area contributed by atoms with Gasteiger partial charge in [-0.05, 0) is 12.8 Å². The van der Waals surface area contributed by atoms with E-state index in [9.17, 15) is 9.59 Å². The topological polar surface area (TPSA) is 104 Å². The van der Waals surface area contributed by atoms with Crippen LogP contribution < -0.4 is 5.32 Å². The molecule has 7 nitrogen and oxygen atoms in total. The van der Waals surface area contributed by atoms with Gasteiger partial charge in [-0.25, -0.2) is 9.78 Å². The molecule has 0 radical (unpaired) electrons. The van der Waals surface area contributed by atoms with Crippen molar-refractivity contribution in [1.29, 1.82) is 0 Å². The van der Waals surface area contributed by atoms with E-state index < -0.39 is 11.9 Å². The molecule has 0 saturated heterocycles. The van der Waals surface area contributed by atoms with Crippen LogP contribution in [0.5, 0.6) is 0 Å². The summed E-state index contributed by atoms with van der Waals surface area (Å²) in [4.78, 5) is 28.4. The zero-order chi connectivity index (χ0) is 12.7. The van der Waals surface area contributed by atoms with Crippen molar-refractivity contribution in [3.8, 4) is 0 Å². The van der Waals surface area contributed by atoms with E-state index in [2.05, 4.69) is 15.3 Å². The first-order valence-electron chi connectivity index (χ1n) is 5.20. The van der Waals surface area contributed by atoms with Crippen LogP contribution in [-0.4, -0.2) is 47.2 Å². The van der Waals surface area contributed by atoms with Crippen LogP contribution in [0.1, 0.15) is 33.8 Å². The molecule has 7 heteroatoms. The second-order valence-electron chi connectivity index (χ2n) is 3.39. The number of methoxy groups -OCH3 is 1. The largest absolute Gasteiger partial charge is 0.477 e. The summed E-state index contributed by atoms with van der Waals surface area (Å²) in [5.74, 6) is -1.69. The van der Waals surface area contributed by atoms with Crippen LogP contribution in [0, 0.1) is 0 Å². The maximum Gasteiger partial charge on any atom is 0.354 e. The number of carbonyl (C=O) groups excluding carboxylic acids is 1. The molecular weight excluding hydrogens is 226 g/mol. The number of carbonyl (C=O) groups is 2. The molecule has 1 aromatic rings. The van der Waals surface area contributed by atoms with Crippen LogP contribution in [0.4, 0.5) is 0 Å². The number of amides is 1. The summed E-state index contributed by atoms with van der Waals surface area (Å²) in [5.41, 5.74) is -0.288. The number of carboxylic acid groups (broad SMARTS) is 1. The number of rotatable bonds is 7. The Morgan fingerprint density at radius 3 is 2.94 bits per heavy atom. The first-order valence-corrected chi connectivity index (χ1v) is 5.20. The maximum atomic E-state index is 11.6. The molecule has 0 atom stereocenters. The number of carboxylic acids is 1. The molecule has 17 heavy (non-hydrogen) atoms. The van der Waals surface area contributed by atoms with Crippen LogP contribution in [0.2, 0.25) is 0 Å². The molecule has 3 N–H and O–H groups in total. The Morgan fingerprint density at radius 2 is 2.29 bits per heavy atom. The number of aromatic carboxylic acids is 1. The summed E-state index contributed by atoms with van der Waals surface area (Å²) in [6.45, 7) is 1.10. The van der Waals surface area contributed by atoms with Crippen LogP contribution in [-0.2, 0) is 4.74 Å². The molecule has 0 aromatic carbocycles. The first kappa shape index (κ1) is 13.2. The number of nitrogens with zero attached hydrogens (tertiary/aromatic N) is 1. The average molecular weight is 241 g/mol. The molecule has 0 aliphatic rings. The highest BCUT2D eigenvalue weighted by molar-refractivity contribution is 6.02. The maximum absolute atomic E-state index is 11.6. The highest BCUT2D eigenvalue weighted by Crippen LogP contribution is 2.02. The lowest BCUT2D eigenvalue weighted by Gasteiger charge is -2.03. The second-order valence-corrected chi connectivity index (χ2v) is 3.39. The number of hydrogen-bond acceptors (Lipinski definition) is 4. The summed E-state index contributed by atoms with van der Waals surface area (Å²) in [7, 11) is 1.61. The highest BCUT2D eigenvalue weighted by Gasteiger charge is 2.18. The van der Waals surface area contributed by atoms with Crippen molar-refractivity contribution in [3.63, 3.8) is 0 Å². The van der Waals surface area contributed by atoms with Gasteiger partial charge in [-0.3, -0.25) is 4.79 Å². The van der Waals surface area contributed by atoms with Crippen LogP contribution in [0.25, 0.3) is 0 Å². The van der Waals surface area contributed by atoms with E-state index in [1.165, 1.54) is 6.33 Å². The molecule has 1 aromatic heterocycles. The summed E-state index contributed by atoms with van der Waals surface area (Å²) >= 11 is 0. The van der Waals surface area contributed by atoms with Crippen molar-refractivity contribution in [1.82, 2.24) is 15.3 Å². The number of hydrogen-bond donors (Lipinski definition) is 3. The number of nitrogens with one attached hydrogen (secondary N) is 2. The van der Waals surface area contributed by atoms with E-state index in [0.717, 1.165) is 12.8 Å². The SMILES string of the molecule is COCCCCNC(=O)c1nc[nH]c1C(=O)O. The average Bonchev–Trinajstić information content (AvgIpc) is 2.77. The van der Waals surface area contributed by atoms with E-state index in [1.807, 2.05) is 0 Å². The molecule has 0 saturated carbocycles. The van der Waals surface area contributed by atoms with Crippen LogP contribution in [0.15, 0.2) is 6.33 Å². The zero-order valence-corrected chi connectivity index (χ0v) is 9.52. The van der Waals surface area contributed by atoms with Gasteiger partial charge in [-0.2, -0.15) is 0 Å². The minimum atomic E-state index is -1.20. The minimum absolute atomic E-state index is 0.0933. The molecule has 0 spiro atoms. The fraction of sp³-hybridized carbons (Fsp3) is 0.500. The number of unbranched alkanes of at least 4 members (excludes halogenated alkanes) is 1. The van der Waals surface area contributed by atoms with Crippen molar-refractivity contribution < 1.29 is 19.4 Å². The standard InChI is InChI=1S/C10H15N3O4/c1-17-5-3-2-4-11-9(14)7-8(10(15)16)13-6-12-7/h6H,2-5H2,1H3,(H,11,14)(H,12,13)(H,15,16).